The van der Waals surface area contributed by atoms with Crippen molar-refractivity contribution in [1.82, 2.24) is 5.32 Å². The Morgan fingerprint density at radius 2 is 2.30 bits per heavy atom. The van der Waals surface area contributed by atoms with E-state index in [-0.39, 0.29) is 5.91 Å². The highest BCUT2D eigenvalue weighted by atomic mass is 35.5. The van der Waals surface area contributed by atoms with Crippen LogP contribution in [-0.4, -0.2) is 25.5 Å². The van der Waals surface area contributed by atoms with Crippen molar-refractivity contribution in [2.75, 3.05) is 24.5 Å². The van der Waals surface area contributed by atoms with Crippen molar-refractivity contribution < 1.29 is 4.79 Å². The van der Waals surface area contributed by atoms with E-state index in [1.54, 1.807) is 23.1 Å². The summed E-state index contributed by atoms with van der Waals surface area (Å²) >= 11 is 6.01. The maximum Gasteiger partial charge on any atom is 0.240 e. The summed E-state index contributed by atoms with van der Waals surface area (Å²) in [5.41, 5.74) is 1.15. The van der Waals surface area contributed by atoms with E-state index in [0.29, 0.717) is 23.7 Å². The topological polar surface area (TPSA) is 56.1 Å². The van der Waals surface area contributed by atoms with E-state index in [0.717, 1.165) is 18.2 Å². The van der Waals surface area contributed by atoms with Gasteiger partial charge in [0, 0.05) is 12.2 Å². The Labute approximate surface area is 124 Å². The number of nitrogens with zero attached hydrogens (tertiary/aromatic N) is 2. The highest BCUT2D eigenvalue weighted by Crippen LogP contribution is 2.27. The molecule has 0 saturated heterocycles. The third kappa shape index (κ3) is 3.72. The van der Waals surface area contributed by atoms with Crippen LogP contribution in [0.25, 0.3) is 0 Å². The second-order valence-electron chi connectivity index (χ2n) is 4.99. The fourth-order valence-corrected chi connectivity index (χ4v) is 2.28. The molecule has 0 aliphatic heterocycles. The molecule has 1 aliphatic carbocycles. The molecule has 4 nitrogen and oxygen atoms in total. The van der Waals surface area contributed by atoms with Gasteiger partial charge in [-0.1, -0.05) is 11.6 Å². The summed E-state index contributed by atoms with van der Waals surface area (Å²) in [4.78, 5) is 13.9. The van der Waals surface area contributed by atoms with Gasteiger partial charge in [-0.25, -0.2) is 0 Å². The van der Waals surface area contributed by atoms with Gasteiger partial charge in [-0.15, -0.1) is 0 Å². The third-order valence-electron chi connectivity index (χ3n) is 3.41. The molecule has 0 bridgehead atoms. The number of amides is 1. The van der Waals surface area contributed by atoms with Crippen LogP contribution < -0.4 is 10.2 Å². The summed E-state index contributed by atoms with van der Waals surface area (Å²) in [6.07, 6.45) is 2.54. The lowest BCUT2D eigenvalue weighted by molar-refractivity contribution is -0.117. The molecule has 1 amide bonds. The molecule has 1 aromatic carbocycles. The van der Waals surface area contributed by atoms with Crippen LogP contribution in [0.1, 0.15) is 25.3 Å². The van der Waals surface area contributed by atoms with Crippen molar-refractivity contribution in [2.45, 2.75) is 19.8 Å². The standard InChI is InChI=1S/C15H18ClN3O/c1-2-19(15(20)10-18-9-11-3-4-11)13-6-5-12(8-17)14(16)7-13/h5-7,11,18H,2-4,9-10H2,1H3. The quantitative estimate of drug-likeness (QED) is 0.876. The summed E-state index contributed by atoms with van der Waals surface area (Å²) in [5.74, 6) is 0.774. The first-order valence-corrected chi connectivity index (χ1v) is 7.24. The summed E-state index contributed by atoms with van der Waals surface area (Å²) in [5, 5.41) is 12.4. The van der Waals surface area contributed by atoms with Crippen LogP contribution in [-0.2, 0) is 4.79 Å². The zero-order valence-electron chi connectivity index (χ0n) is 11.5. The van der Waals surface area contributed by atoms with Crippen LogP contribution in [0.4, 0.5) is 5.69 Å². The molecule has 0 heterocycles. The number of anilines is 1. The normalized spacial score (nSPS) is 13.8. The summed E-state index contributed by atoms with van der Waals surface area (Å²) < 4.78 is 0. The van der Waals surface area contributed by atoms with Crippen LogP contribution in [0.15, 0.2) is 18.2 Å². The van der Waals surface area contributed by atoms with Crippen LogP contribution in [0.5, 0.6) is 0 Å². The second kappa shape index (κ2) is 6.74. The molecule has 106 valence electrons. The average molecular weight is 292 g/mol. The van der Waals surface area contributed by atoms with Gasteiger partial charge in [0.1, 0.15) is 6.07 Å². The monoisotopic (exact) mass is 291 g/mol. The van der Waals surface area contributed by atoms with Crippen molar-refractivity contribution in [1.29, 1.82) is 5.26 Å². The molecule has 0 atom stereocenters. The Morgan fingerprint density at radius 1 is 1.55 bits per heavy atom. The van der Waals surface area contributed by atoms with Gasteiger partial charge in [0.05, 0.1) is 17.1 Å². The van der Waals surface area contributed by atoms with E-state index in [1.165, 1.54) is 12.8 Å². The lowest BCUT2D eigenvalue weighted by Crippen LogP contribution is -2.38. The number of likely N-dealkylation sites (N-methyl/N-ethyl adjacent to an activating group) is 1. The zero-order chi connectivity index (χ0) is 14.5. The van der Waals surface area contributed by atoms with Crippen LogP contribution in [0, 0.1) is 17.2 Å². The van der Waals surface area contributed by atoms with Gasteiger partial charge in [0.2, 0.25) is 5.91 Å². The van der Waals surface area contributed by atoms with Gasteiger partial charge < -0.3 is 10.2 Å². The zero-order valence-corrected chi connectivity index (χ0v) is 12.3. The SMILES string of the molecule is CCN(C(=O)CNCC1CC1)c1ccc(C#N)c(Cl)c1. The molecule has 1 fully saturated rings. The molecule has 1 N–H and O–H groups in total. The number of carbonyl (C=O) groups is 1. The number of nitrogens with one attached hydrogen (secondary N) is 1. The molecule has 0 aromatic heterocycles. The second-order valence-corrected chi connectivity index (χ2v) is 5.40. The van der Waals surface area contributed by atoms with E-state index in [2.05, 4.69) is 5.32 Å². The van der Waals surface area contributed by atoms with Crippen molar-refractivity contribution in [3.8, 4) is 6.07 Å². The largest absolute Gasteiger partial charge is 0.312 e. The molecule has 2 rings (SSSR count). The summed E-state index contributed by atoms with van der Waals surface area (Å²) in [7, 11) is 0. The number of hydrogen-bond acceptors (Lipinski definition) is 3. The van der Waals surface area contributed by atoms with E-state index < -0.39 is 0 Å². The number of hydrogen-bond donors (Lipinski definition) is 1. The molecule has 0 radical (unpaired) electrons. The highest BCUT2D eigenvalue weighted by molar-refractivity contribution is 6.32. The van der Waals surface area contributed by atoms with Crippen LogP contribution in [0.2, 0.25) is 5.02 Å². The Morgan fingerprint density at radius 3 is 2.85 bits per heavy atom. The molecule has 5 heteroatoms. The van der Waals surface area contributed by atoms with Crippen molar-refractivity contribution in [3.05, 3.63) is 28.8 Å². The molecular weight excluding hydrogens is 274 g/mol. The minimum absolute atomic E-state index is 0.0222. The molecule has 0 spiro atoms. The fraction of sp³-hybridized carbons (Fsp3) is 0.467. The first-order valence-electron chi connectivity index (χ1n) is 6.86. The minimum atomic E-state index is 0.0222. The molecule has 20 heavy (non-hydrogen) atoms. The van der Waals surface area contributed by atoms with Gasteiger partial charge in [0.15, 0.2) is 0 Å². The minimum Gasteiger partial charge on any atom is -0.312 e. The molecular formula is C15H18ClN3O. The average Bonchev–Trinajstić information content (AvgIpc) is 3.24. The maximum absolute atomic E-state index is 12.2. The Kier molecular flexibility index (Phi) is 4.99. The number of carbonyl (C=O) groups excluding carboxylic acids is 1. The summed E-state index contributed by atoms with van der Waals surface area (Å²) in [6.45, 7) is 3.75. The fourth-order valence-electron chi connectivity index (χ4n) is 2.07. The molecule has 1 aliphatic rings. The van der Waals surface area contributed by atoms with Crippen molar-refractivity contribution in [2.24, 2.45) is 5.92 Å². The highest BCUT2D eigenvalue weighted by Gasteiger charge is 2.21. The van der Waals surface area contributed by atoms with Gasteiger partial charge in [-0.3, -0.25) is 4.79 Å². The van der Waals surface area contributed by atoms with Crippen LogP contribution >= 0.6 is 11.6 Å². The predicted molar refractivity (Wildman–Crippen MR) is 79.8 cm³/mol. The first kappa shape index (κ1) is 14.8. The number of rotatable bonds is 6. The van der Waals surface area contributed by atoms with Gasteiger partial charge >= 0.3 is 0 Å². The third-order valence-corrected chi connectivity index (χ3v) is 3.72. The first-order chi connectivity index (χ1) is 9.65. The number of nitriles is 1. The Bertz CT molecular complexity index is 534. The van der Waals surface area contributed by atoms with Gasteiger partial charge in [-0.2, -0.15) is 5.26 Å². The smallest absolute Gasteiger partial charge is 0.240 e. The van der Waals surface area contributed by atoms with Crippen molar-refractivity contribution >= 4 is 23.2 Å². The van der Waals surface area contributed by atoms with Crippen LogP contribution in [0.3, 0.4) is 0 Å². The van der Waals surface area contributed by atoms with Gasteiger partial charge in [0.25, 0.3) is 0 Å². The van der Waals surface area contributed by atoms with E-state index in [1.807, 2.05) is 13.0 Å². The van der Waals surface area contributed by atoms with Gasteiger partial charge in [-0.05, 0) is 50.4 Å². The maximum atomic E-state index is 12.2. The van der Waals surface area contributed by atoms with E-state index >= 15 is 0 Å². The Hall–Kier alpha value is -1.57. The number of halogens is 1. The van der Waals surface area contributed by atoms with E-state index in [9.17, 15) is 4.79 Å². The molecule has 1 saturated carbocycles. The van der Waals surface area contributed by atoms with Crippen molar-refractivity contribution in [3.63, 3.8) is 0 Å². The summed E-state index contributed by atoms with van der Waals surface area (Å²) in [6, 6.07) is 7.08. The molecule has 0 unspecified atom stereocenters. The predicted octanol–water partition coefficient (Wildman–Crippen LogP) is 2.56. The van der Waals surface area contributed by atoms with E-state index in [4.69, 9.17) is 16.9 Å². The lowest BCUT2D eigenvalue weighted by Gasteiger charge is -2.21. The molecule has 1 aromatic rings. The number of benzene rings is 1. The lowest BCUT2D eigenvalue weighted by atomic mass is 10.2. The Balaban J connectivity index is 2.00.